The highest BCUT2D eigenvalue weighted by Crippen LogP contribution is 2.37. The maximum absolute atomic E-state index is 5.84. The molecule has 0 aromatic heterocycles. The first-order valence-electron chi connectivity index (χ1n) is 14.7. The van der Waals surface area contributed by atoms with Gasteiger partial charge in [0.15, 0.2) is 0 Å². The fourth-order valence-electron chi connectivity index (χ4n) is 5.36. The van der Waals surface area contributed by atoms with Crippen LogP contribution in [0.15, 0.2) is 164 Å². The van der Waals surface area contributed by atoms with E-state index in [2.05, 4.69) is 187 Å². The molecule has 0 bridgehead atoms. The molecule has 0 aliphatic rings. The Labute approximate surface area is 256 Å². The average Bonchev–Trinajstić information content (AvgIpc) is 3.07. The zero-order valence-electron chi connectivity index (χ0n) is 24.9. The van der Waals surface area contributed by atoms with Gasteiger partial charge in [0.05, 0.1) is 0 Å². The van der Waals surface area contributed by atoms with Crippen molar-refractivity contribution in [1.29, 1.82) is 0 Å². The van der Waals surface area contributed by atoms with Gasteiger partial charge in [-0.15, -0.1) is 0 Å². The SMILES string of the molecule is CO[Si](C)(C)c1ccc(N(c2ccccc2)c2ccc(-c3ccc(N(c4ccccc4)c4ccccc4)cc3)cc2)cc1. The van der Waals surface area contributed by atoms with E-state index in [0.717, 1.165) is 34.1 Å². The largest absolute Gasteiger partial charge is 0.416 e. The molecule has 3 nitrogen and oxygen atoms in total. The summed E-state index contributed by atoms with van der Waals surface area (Å²) in [6.07, 6.45) is 0. The Hall–Kier alpha value is -4.90. The van der Waals surface area contributed by atoms with E-state index in [1.807, 2.05) is 7.11 Å². The molecule has 6 aromatic carbocycles. The van der Waals surface area contributed by atoms with Gasteiger partial charge >= 0.3 is 0 Å². The number of hydrogen-bond acceptors (Lipinski definition) is 3. The van der Waals surface area contributed by atoms with Crippen LogP contribution >= 0.6 is 0 Å². The third-order valence-corrected chi connectivity index (χ3v) is 10.7. The predicted molar refractivity (Wildman–Crippen MR) is 185 cm³/mol. The van der Waals surface area contributed by atoms with Crippen LogP contribution in [0.5, 0.6) is 0 Å². The van der Waals surface area contributed by atoms with Crippen molar-refractivity contribution in [3.8, 4) is 11.1 Å². The van der Waals surface area contributed by atoms with E-state index in [1.165, 1.54) is 16.3 Å². The minimum atomic E-state index is -1.89. The lowest BCUT2D eigenvalue weighted by molar-refractivity contribution is 0.416. The van der Waals surface area contributed by atoms with E-state index in [-0.39, 0.29) is 0 Å². The van der Waals surface area contributed by atoms with Crippen LogP contribution in [0, 0.1) is 0 Å². The Balaban J connectivity index is 1.30. The number of rotatable bonds is 9. The molecule has 0 aliphatic heterocycles. The summed E-state index contributed by atoms with van der Waals surface area (Å²) < 4.78 is 5.84. The maximum Gasteiger partial charge on any atom is 0.217 e. The lowest BCUT2D eigenvalue weighted by Crippen LogP contribution is -2.43. The van der Waals surface area contributed by atoms with Gasteiger partial charge in [-0.2, -0.15) is 0 Å². The molecule has 0 amide bonds. The van der Waals surface area contributed by atoms with Gasteiger partial charge in [0.25, 0.3) is 0 Å². The van der Waals surface area contributed by atoms with Crippen LogP contribution in [0.1, 0.15) is 0 Å². The van der Waals surface area contributed by atoms with Crippen LogP contribution < -0.4 is 15.0 Å². The monoisotopic (exact) mass is 576 g/mol. The minimum Gasteiger partial charge on any atom is -0.416 e. The smallest absolute Gasteiger partial charge is 0.217 e. The number of anilines is 6. The predicted octanol–water partition coefficient (Wildman–Crippen LogP) is 10.4. The van der Waals surface area contributed by atoms with Gasteiger partial charge in [-0.05, 0) is 102 Å². The zero-order chi connectivity index (χ0) is 29.6. The summed E-state index contributed by atoms with van der Waals surface area (Å²) in [6, 6.07) is 58.0. The first kappa shape index (κ1) is 28.2. The number of para-hydroxylation sites is 3. The Kier molecular flexibility index (Phi) is 8.23. The summed E-state index contributed by atoms with van der Waals surface area (Å²) >= 11 is 0. The molecular formula is C39H36N2OSi. The van der Waals surface area contributed by atoms with Gasteiger partial charge in [-0.1, -0.05) is 91.0 Å². The summed E-state index contributed by atoms with van der Waals surface area (Å²) in [7, 11) is -0.0727. The lowest BCUT2D eigenvalue weighted by Gasteiger charge is -2.27. The van der Waals surface area contributed by atoms with Crippen LogP contribution in [0.3, 0.4) is 0 Å². The van der Waals surface area contributed by atoms with Gasteiger partial charge in [-0.25, -0.2) is 0 Å². The molecule has 0 aliphatic carbocycles. The fourth-order valence-corrected chi connectivity index (χ4v) is 6.57. The van der Waals surface area contributed by atoms with Crippen molar-refractivity contribution >= 4 is 47.6 Å². The Morgan fingerprint density at radius 2 is 0.651 bits per heavy atom. The second kappa shape index (κ2) is 12.5. The summed E-state index contributed by atoms with van der Waals surface area (Å²) in [4.78, 5) is 4.59. The number of benzene rings is 6. The van der Waals surface area contributed by atoms with Crippen molar-refractivity contribution in [2.24, 2.45) is 0 Å². The zero-order valence-corrected chi connectivity index (χ0v) is 25.9. The van der Waals surface area contributed by atoms with Crippen LogP contribution in [0.25, 0.3) is 11.1 Å². The minimum absolute atomic E-state index is 1.11. The van der Waals surface area contributed by atoms with Gasteiger partial charge in [0.1, 0.15) is 0 Å². The maximum atomic E-state index is 5.84. The van der Waals surface area contributed by atoms with E-state index in [9.17, 15) is 0 Å². The highest BCUT2D eigenvalue weighted by Gasteiger charge is 2.24. The summed E-state index contributed by atoms with van der Waals surface area (Å²) in [6.45, 7) is 4.45. The Morgan fingerprint density at radius 1 is 0.372 bits per heavy atom. The molecule has 0 spiro atoms. The fraction of sp³-hybridized carbons (Fsp3) is 0.0769. The summed E-state index contributed by atoms with van der Waals surface area (Å²) in [5, 5.41) is 1.28. The molecule has 212 valence electrons. The normalized spacial score (nSPS) is 11.2. The Bertz CT molecular complexity index is 1700. The van der Waals surface area contributed by atoms with E-state index >= 15 is 0 Å². The molecular weight excluding hydrogens is 541 g/mol. The van der Waals surface area contributed by atoms with E-state index < -0.39 is 8.32 Å². The third-order valence-electron chi connectivity index (χ3n) is 7.96. The molecule has 0 N–H and O–H groups in total. The molecule has 6 aromatic rings. The molecule has 0 saturated heterocycles. The first-order chi connectivity index (χ1) is 21.0. The van der Waals surface area contributed by atoms with Gasteiger partial charge in [-0.3, -0.25) is 0 Å². The van der Waals surface area contributed by atoms with Crippen molar-refractivity contribution in [2.75, 3.05) is 16.9 Å². The third kappa shape index (κ3) is 6.16. The second-order valence-electron chi connectivity index (χ2n) is 11.0. The molecule has 0 heterocycles. The van der Waals surface area contributed by atoms with Crippen molar-refractivity contribution in [3.63, 3.8) is 0 Å². The molecule has 0 saturated carbocycles. The van der Waals surface area contributed by atoms with Gasteiger partial charge in [0.2, 0.25) is 8.32 Å². The van der Waals surface area contributed by atoms with E-state index in [4.69, 9.17) is 4.43 Å². The molecule has 0 unspecified atom stereocenters. The van der Waals surface area contributed by atoms with Crippen molar-refractivity contribution in [2.45, 2.75) is 13.1 Å². The lowest BCUT2D eigenvalue weighted by atomic mass is 10.0. The van der Waals surface area contributed by atoms with E-state index in [1.54, 1.807) is 0 Å². The first-order valence-corrected chi connectivity index (χ1v) is 17.6. The quantitative estimate of drug-likeness (QED) is 0.159. The summed E-state index contributed by atoms with van der Waals surface area (Å²) in [5.74, 6) is 0. The van der Waals surface area contributed by atoms with Crippen LogP contribution in [0.2, 0.25) is 13.1 Å². The second-order valence-corrected chi connectivity index (χ2v) is 15.0. The Morgan fingerprint density at radius 3 is 0.953 bits per heavy atom. The standard InChI is InChI=1S/C39H36N2OSi/c1-42-43(2,3)39-29-27-38(28-30-39)41(35-17-11-6-12-18-35)37-25-21-32(22-26-37)31-19-23-36(24-20-31)40(33-13-7-4-8-14-33)34-15-9-5-10-16-34/h4-30H,1-3H3. The van der Waals surface area contributed by atoms with Gasteiger partial charge in [0, 0.05) is 41.2 Å². The van der Waals surface area contributed by atoms with E-state index in [0.29, 0.717) is 0 Å². The molecule has 43 heavy (non-hydrogen) atoms. The van der Waals surface area contributed by atoms with Gasteiger partial charge < -0.3 is 14.2 Å². The molecule has 4 heteroatoms. The van der Waals surface area contributed by atoms with Crippen molar-refractivity contribution in [1.82, 2.24) is 0 Å². The van der Waals surface area contributed by atoms with Crippen LogP contribution in [-0.2, 0) is 4.43 Å². The van der Waals surface area contributed by atoms with Crippen LogP contribution in [-0.4, -0.2) is 15.4 Å². The number of hydrogen-bond donors (Lipinski definition) is 0. The molecule has 0 radical (unpaired) electrons. The van der Waals surface area contributed by atoms with Crippen molar-refractivity contribution < 1.29 is 4.43 Å². The summed E-state index contributed by atoms with van der Waals surface area (Å²) in [5.41, 5.74) is 9.10. The molecule has 6 rings (SSSR count). The van der Waals surface area contributed by atoms with Crippen molar-refractivity contribution in [3.05, 3.63) is 164 Å². The average molecular weight is 577 g/mol. The topological polar surface area (TPSA) is 15.7 Å². The highest BCUT2D eigenvalue weighted by molar-refractivity contribution is 6.84. The molecule has 0 atom stereocenters. The number of nitrogens with zero attached hydrogens (tertiary/aromatic N) is 2. The highest BCUT2D eigenvalue weighted by atomic mass is 28.4. The van der Waals surface area contributed by atoms with Crippen LogP contribution in [0.4, 0.5) is 34.1 Å². The molecule has 0 fully saturated rings.